The largest absolute Gasteiger partial charge is 0.492 e. The predicted octanol–water partition coefficient (Wildman–Crippen LogP) is 2.22. The van der Waals surface area contributed by atoms with Crippen LogP contribution in [0.25, 0.3) is 10.9 Å². The second-order valence-electron chi connectivity index (χ2n) is 3.33. The van der Waals surface area contributed by atoms with Gasteiger partial charge >= 0.3 is 0 Å². The lowest BCUT2D eigenvalue weighted by Crippen LogP contribution is -1.99. The molecule has 0 unspecified atom stereocenters. The van der Waals surface area contributed by atoms with Gasteiger partial charge in [0.05, 0.1) is 24.9 Å². The first-order valence-corrected chi connectivity index (χ1v) is 5.12. The van der Waals surface area contributed by atoms with Gasteiger partial charge in [-0.3, -0.25) is 4.98 Å². The standard InChI is InChI=1S/C12H14N2O2/c1-3-16-10-7-9(13)11-8(12(10)15-2)5-4-6-14-11/h4-7H,3,13H2,1-2H3. The Morgan fingerprint density at radius 1 is 1.44 bits per heavy atom. The minimum Gasteiger partial charge on any atom is -0.492 e. The van der Waals surface area contributed by atoms with E-state index in [0.29, 0.717) is 23.8 Å². The van der Waals surface area contributed by atoms with Crippen LogP contribution in [0.2, 0.25) is 0 Å². The summed E-state index contributed by atoms with van der Waals surface area (Å²) in [6, 6.07) is 5.51. The maximum Gasteiger partial charge on any atom is 0.170 e. The Labute approximate surface area is 94.0 Å². The molecule has 4 nitrogen and oxygen atoms in total. The highest BCUT2D eigenvalue weighted by atomic mass is 16.5. The molecule has 1 aromatic heterocycles. The van der Waals surface area contributed by atoms with Gasteiger partial charge in [-0.1, -0.05) is 0 Å². The predicted molar refractivity (Wildman–Crippen MR) is 63.9 cm³/mol. The Morgan fingerprint density at radius 3 is 2.94 bits per heavy atom. The highest BCUT2D eigenvalue weighted by Crippen LogP contribution is 2.37. The first kappa shape index (κ1) is 10.5. The van der Waals surface area contributed by atoms with E-state index in [1.807, 2.05) is 19.1 Å². The molecule has 0 radical (unpaired) electrons. The quantitative estimate of drug-likeness (QED) is 0.802. The van der Waals surface area contributed by atoms with Gasteiger partial charge in [0.2, 0.25) is 0 Å². The van der Waals surface area contributed by atoms with Crippen LogP contribution in [0.5, 0.6) is 11.5 Å². The van der Waals surface area contributed by atoms with Gasteiger partial charge in [-0.15, -0.1) is 0 Å². The molecule has 0 amide bonds. The highest BCUT2D eigenvalue weighted by Gasteiger charge is 2.12. The van der Waals surface area contributed by atoms with E-state index in [1.54, 1.807) is 19.4 Å². The van der Waals surface area contributed by atoms with Gasteiger partial charge < -0.3 is 15.2 Å². The van der Waals surface area contributed by atoms with Gasteiger partial charge in [0.25, 0.3) is 0 Å². The smallest absolute Gasteiger partial charge is 0.170 e. The van der Waals surface area contributed by atoms with Crippen LogP contribution in [0.3, 0.4) is 0 Å². The molecule has 0 aliphatic rings. The van der Waals surface area contributed by atoms with Crippen molar-refractivity contribution in [2.75, 3.05) is 19.5 Å². The summed E-state index contributed by atoms with van der Waals surface area (Å²) < 4.78 is 10.8. The van der Waals surface area contributed by atoms with Crippen LogP contribution >= 0.6 is 0 Å². The van der Waals surface area contributed by atoms with Gasteiger partial charge in [0, 0.05) is 17.6 Å². The number of aromatic nitrogens is 1. The average Bonchev–Trinajstić information content (AvgIpc) is 2.30. The first-order chi connectivity index (χ1) is 7.77. The Morgan fingerprint density at radius 2 is 2.25 bits per heavy atom. The number of methoxy groups -OCH3 is 1. The maximum absolute atomic E-state index is 5.91. The third-order valence-corrected chi connectivity index (χ3v) is 2.34. The summed E-state index contributed by atoms with van der Waals surface area (Å²) in [5, 5.41) is 0.869. The number of fused-ring (bicyclic) bond motifs is 1. The van der Waals surface area contributed by atoms with Crippen molar-refractivity contribution in [2.24, 2.45) is 0 Å². The minimum absolute atomic E-state index is 0.571. The van der Waals surface area contributed by atoms with E-state index in [0.717, 1.165) is 10.9 Å². The molecule has 1 heterocycles. The molecule has 0 atom stereocenters. The van der Waals surface area contributed by atoms with E-state index in [-0.39, 0.29) is 0 Å². The van der Waals surface area contributed by atoms with Gasteiger partial charge in [-0.05, 0) is 19.1 Å². The van der Waals surface area contributed by atoms with Crippen LogP contribution in [-0.2, 0) is 0 Å². The van der Waals surface area contributed by atoms with E-state index in [9.17, 15) is 0 Å². The van der Waals surface area contributed by atoms with Crippen LogP contribution in [0.15, 0.2) is 24.4 Å². The van der Waals surface area contributed by atoms with Gasteiger partial charge in [-0.2, -0.15) is 0 Å². The highest BCUT2D eigenvalue weighted by molar-refractivity contribution is 5.96. The third kappa shape index (κ3) is 1.62. The summed E-state index contributed by atoms with van der Waals surface area (Å²) in [4.78, 5) is 4.23. The molecule has 0 fully saturated rings. The fourth-order valence-electron chi connectivity index (χ4n) is 1.70. The van der Waals surface area contributed by atoms with E-state index < -0.39 is 0 Å². The van der Waals surface area contributed by atoms with Gasteiger partial charge in [0.15, 0.2) is 11.5 Å². The minimum atomic E-state index is 0.571. The molecule has 0 aliphatic heterocycles. The monoisotopic (exact) mass is 218 g/mol. The molecule has 0 bridgehead atoms. The summed E-state index contributed by atoms with van der Waals surface area (Å²) in [5.74, 6) is 1.34. The van der Waals surface area contributed by atoms with Crippen molar-refractivity contribution < 1.29 is 9.47 Å². The zero-order chi connectivity index (χ0) is 11.5. The number of ether oxygens (including phenoxy) is 2. The molecule has 2 rings (SSSR count). The van der Waals surface area contributed by atoms with Crippen molar-refractivity contribution >= 4 is 16.6 Å². The van der Waals surface area contributed by atoms with Crippen molar-refractivity contribution in [1.82, 2.24) is 4.98 Å². The number of rotatable bonds is 3. The topological polar surface area (TPSA) is 57.4 Å². The molecule has 0 aliphatic carbocycles. The number of benzene rings is 1. The van der Waals surface area contributed by atoms with Crippen LogP contribution in [0.1, 0.15) is 6.92 Å². The van der Waals surface area contributed by atoms with Gasteiger partial charge in [0.1, 0.15) is 0 Å². The van der Waals surface area contributed by atoms with Crippen LogP contribution < -0.4 is 15.2 Å². The number of nitrogen functional groups attached to an aromatic ring is 1. The van der Waals surface area contributed by atoms with Crippen molar-refractivity contribution in [3.8, 4) is 11.5 Å². The fraction of sp³-hybridized carbons (Fsp3) is 0.250. The Hall–Kier alpha value is -1.97. The van der Waals surface area contributed by atoms with E-state index in [4.69, 9.17) is 15.2 Å². The number of nitrogens with two attached hydrogens (primary N) is 1. The van der Waals surface area contributed by atoms with Crippen LogP contribution in [0, 0.1) is 0 Å². The summed E-state index contributed by atoms with van der Waals surface area (Å²) in [5.41, 5.74) is 7.25. The molecule has 84 valence electrons. The van der Waals surface area contributed by atoms with Crippen LogP contribution in [-0.4, -0.2) is 18.7 Å². The Kier molecular flexibility index (Phi) is 2.81. The molecular weight excluding hydrogens is 204 g/mol. The van der Waals surface area contributed by atoms with E-state index in [1.165, 1.54) is 0 Å². The third-order valence-electron chi connectivity index (χ3n) is 2.34. The second kappa shape index (κ2) is 4.26. The lowest BCUT2D eigenvalue weighted by molar-refractivity contribution is 0.313. The molecule has 2 N–H and O–H groups in total. The number of anilines is 1. The van der Waals surface area contributed by atoms with Crippen LogP contribution in [0.4, 0.5) is 5.69 Å². The van der Waals surface area contributed by atoms with E-state index >= 15 is 0 Å². The summed E-state index contributed by atoms with van der Waals surface area (Å²) in [6.45, 7) is 2.49. The fourth-order valence-corrected chi connectivity index (χ4v) is 1.70. The maximum atomic E-state index is 5.91. The van der Waals surface area contributed by atoms with E-state index in [2.05, 4.69) is 4.98 Å². The Bertz CT molecular complexity index is 512. The molecule has 0 saturated heterocycles. The number of nitrogens with zero attached hydrogens (tertiary/aromatic N) is 1. The zero-order valence-corrected chi connectivity index (χ0v) is 9.36. The lowest BCUT2D eigenvalue weighted by atomic mass is 10.1. The van der Waals surface area contributed by atoms with Gasteiger partial charge in [-0.25, -0.2) is 0 Å². The molecule has 0 saturated carbocycles. The molecule has 4 heteroatoms. The summed E-state index contributed by atoms with van der Waals surface area (Å²) in [6.07, 6.45) is 1.71. The molecule has 0 spiro atoms. The normalized spacial score (nSPS) is 10.4. The zero-order valence-electron chi connectivity index (χ0n) is 9.36. The van der Waals surface area contributed by atoms with Crippen molar-refractivity contribution in [3.63, 3.8) is 0 Å². The Balaban J connectivity index is 2.74. The number of hydrogen-bond donors (Lipinski definition) is 1. The summed E-state index contributed by atoms with van der Waals surface area (Å²) >= 11 is 0. The van der Waals surface area contributed by atoms with Crippen molar-refractivity contribution in [3.05, 3.63) is 24.4 Å². The van der Waals surface area contributed by atoms with Crippen molar-refractivity contribution in [2.45, 2.75) is 6.92 Å². The molecule has 1 aromatic carbocycles. The molecular formula is C12H14N2O2. The molecule has 16 heavy (non-hydrogen) atoms. The molecule has 2 aromatic rings. The summed E-state index contributed by atoms with van der Waals surface area (Å²) in [7, 11) is 1.61. The van der Waals surface area contributed by atoms with Crippen molar-refractivity contribution in [1.29, 1.82) is 0 Å². The number of hydrogen-bond acceptors (Lipinski definition) is 4. The number of pyridine rings is 1. The first-order valence-electron chi connectivity index (χ1n) is 5.12. The SMILES string of the molecule is CCOc1cc(N)c2ncccc2c1OC. The second-order valence-corrected chi connectivity index (χ2v) is 3.33. The lowest BCUT2D eigenvalue weighted by Gasteiger charge is -2.13. The average molecular weight is 218 g/mol.